The Morgan fingerprint density at radius 1 is 0.847 bits per heavy atom. The highest BCUT2D eigenvalue weighted by atomic mass is 16.5. The van der Waals surface area contributed by atoms with E-state index in [1.54, 1.807) is 43.3 Å². The second-order valence-electron chi connectivity index (χ2n) is 15.5. The quantitative estimate of drug-likeness (QED) is 0.120. The number of primary amides is 1. The lowest BCUT2D eigenvalue weighted by atomic mass is 9.83. The highest BCUT2D eigenvalue weighted by Crippen LogP contribution is 2.31. The van der Waals surface area contributed by atoms with Crippen LogP contribution in [0.3, 0.4) is 0 Å². The van der Waals surface area contributed by atoms with Gasteiger partial charge in [0.05, 0.1) is 25.3 Å². The van der Waals surface area contributed by atoms with E-state index >= 15 is 0 Å². The standard InChI is InChI=1S/C45H56N6O8/c1-4-14-35(40(53)44(57)47-25-37(52)49-38(41(46)54)31-17-10-6-11-18-31)48-43(56)36-24-33(59-27-30-15-8-5-9-16-30)26-51(36)45(58)39(32-19-12-7-13-20-32)50-42(55)34-22-21-28(2)23-29(34)3/h5-6,8-11,15-18,21-23,32-33,35-36,38-39H,4,7,12-14,19-20,24-27H2,1-3H3,(H2,46,54)(H,47,57)(H,48,56)(H,49,52)(H,50,55)/t33-,35?,36+,38-,39?/m1/s1. The molecular weight excluding hydrogens is 753 g/mol. The van der Waals surface area contributed by atoms with E-state index in [-0.39, 0.29) is 37.8 Å². The van der Waals surface area contributed by atoms with Gasteiger partial charge in [0.15, 0.2) is 0 Å². The molecule has 1 heterocycles. The SMILES string of the molecule is CCCC(NC(=O)[C@@H]1C[C@@H](OCc2ccccc2)CN1C(=O)C(NC(=O)c1ccc(C)cc1C)C1CCCCC1)C(=O)C(=O)NCC(=O)N[C@@H](C(N)=O)c1ccccc1. The molecule has 14 nitrogen and oxygen atoms in total. The summed E-state index contributed by atoms with van der Waals surface area (Å²) in [5.41, 5.74) is 9.11. The number of carbonyl (C=O) groups excluding carboxylic acids is 7. The second kappa shape index (κ2) is 21.2. The van der Waals surface area contributed by atoms with Gasteiger partial charge in [0.2, 0.25) is 29.4 Å². The number of Topliss-reactive ketones (excluding diaryl/α,β-unsaturated/α-hetero) is 1. The van der Waals surface area contributed by atoms with Crippen LogP contribution in [0.25, 0.3) is 0 Å². The Morgan fingerprint density at radius 3 is 2.17 bits per heavy atom. The summed E-state index contributed by atoms with van der Waals surface area (Å²) < 4.78 is 6.26. The van der Waals surface area contributed by atoms with Gasteiger partial charge in [-0.05, 0) is 61.8 Å². The Hall–Kier alpha value is -5.89. The van der Waals surface area contributed by atoms with Gasteiger partial charge in [0, 0.05) is 18.5 Å². The average Bonchev–Trinajstić information content (AvgIpc) is 3.68. The summed E-state index contributed by atoms with van der Waals surface area (Å²) in [5, 5.41) is 10.5. The van der Waals surface area contributed by atoms with Gasteiger partial charge in [-0.2, -0.15) is 0 Å². The number of nitrogens with zero attached hydrogens (tertiary/aromatic N) is 1. The topological polar surface area (TPSA) is 206 Å². The van der Waals surface area contributed by atoms with Crippen molar-refractivity contribution in [2.45, 2.75) is 109 Å². The van der Waals surface area contributed by atoms with Crippen LogP contribution in [0.1, 0.15) is 96.9 Å². The van der Waals surface area contributed by atoms with Crippen molar-refractivity contribution >= 4 is 41.2 Å². The molecule has 0 aromatic heterocycles. The molecule has 14 heteroatoms. The molecule has 2 unspecified atom stereocenters. The first kappa shape index (κ1) is 44.2. The summed E-state index contributed by atoms with van der Waals surface area (Å²) in [6.07, 6.45) is 4.41. The van der Waals surface area contributed by atoms with Crippen molar-refractivity contribution in [1.29, 1.82) is 0 Å². The molecule has 314 valence electrons. The molecule has 59 heavy (non-hydrogen) atoms. The van der Waals surface area contributed by atoms with Gasteiger partial charge < -0.3 is 36.6 Å². The number of benzene rings is 3. The zero-order valence-corrected chi connectivity index (χ0v) is 34.0. The molecule has 1 aliphatic heterocycles. The first-order valence-electron chi connectivity index (χ1n) is 20.5. The van der Waals surface area contributed by atoms with Crippen LogP contribution in [-0.2, 0) is 40.1 Å². The van der Waals surface area contributed by atoms with Crippen LogP contribution in [0.5, 0.6) is 0 Å². The van der Waals surface area contributed by atoms with Crippen LogP contribution in [0.2, 0.25) is 0 Å². The average molecular weight is 809 g/mol. The number of ketones is 1. The number of ether oxygens (including phenoxy) is 1. The fourth-order valence-electron chi connectivity index (χ4n) is 7.92. The predicted octanol–water partition coefficient (Wildman–Crippen LogP) is 3.48. The molecule has 5 rings (SSSR count). The highest BCUT2D eigenvalue weighted by molar-refractivity contribution is 6.38. The fraction of sp³-hybridized carbons (Fsp3) is 0.444. The zero-order valence-electron chi connectivity index (χ0n) is 34.0. The number of likely N-dealkylation sites (tertiary alicyclic amines) is 1. The first-order valence-corrected chi connectivity index (χ1v) is 20.5. The van der Waals surface area contributed by atoms with Crippen LogP contribution in [0.15, 0.2) is 78.9 Å². The molecule has 1 aliphatic carbocycles. The maximum atomic E-state index is 14.8. The van der Waals surface area contributed by atoms with Crippen LogP contribution < -0.4 is 27.0 Å². The molecule has 1 saturated carbocycles. The minimum absolute atomic E-state index is 0.0731. The number of aryl methyl sites for hydroxylation is 2. The van der Waals surface area contributed by atoms with Crippen molar-refractivity contribution < 1.29 is 38.3 Å². The normalized spacial score (nSPS) is 18.2. The number of carbonyl (C=O) groups is 7. The Labute approximate surface area is 345 Å². The lowest BCUT2D eigenvalue weighted by Gasteiger charge is -2.35. The second-order valence-corrected chi connectivity index (χ2v) is 15.5. The molecule has 3 aromatic carbocycles. The summed E-state index contributed by atoms with van der Waals surface area (Å²) in [6.45, 7) is 5.27. The minimum atomic E-state index is -1.27. The van der Waals surface area contributed by atoms with E-state index in [0.29, 0.717) is 17.5 Å². The zero-order chi connectivity index (χ0) is 42.5. The van der Waals surface area contributed by atoms with Gasteiger partial charge in [-0.1, -0.05) is 111 Å². The van der Waals surface area contributed by atoms with E-state index in [2.05, 4.69) is 21.3 Å². The van der Waals surface area contributed by atoms with Gasteiger partial charge in [0.1, 0.15) is 18.1 Å². The van der Waals surface area contributed by atoms with Gasteiger partial charge in [-0.3, -0.25) is 33.6 Å². The van der Waals surface area contributed by atoms with Crippen molar-refractivity contribution in [3.05, 3.63) is 107 Å². The predicted molar refractivity (Wildman–Crippen MR) is 220 cm³/mol. The van der Waals surface area contributed by atoms with Crippen molar-refractivity contribution in [3.8, 4) is 0 Å². The lowest BCUT2D eigenvalue weighted by molar-refractivity contribution is -0.143. The Morgan fingerprint density at radius 2 is 1.53 bits per heavy atom. The Bertz CT molecular complexity index is 1970. The molecule has 0 bridgehead atoms. The van der Waals surface area contributed by atoms with E-state index < -0.39 is 72.1 Å². The fourth-order valence-corrected chi connectivity index (χ4v) is 7.92. The van der Waals surface area contributed by atoms with Crippen LogP contribution in [-0.4, -0.2) is 83.4 Å². The molecular formula is C45H56N6O8. The molecule has 6 N–H and O–H groups in total. The van der Waals surface area contributed by atoms with E-state index in [4.69, 9.17) is 10.5 Å². The van der Waals surface area contributed by atoms with Crippen molar-refractivity contribution in [2.75, 3.05) is 13.1 Å². The number of amides is 6. The van der Waals surface area contributed by atoms with Gasteiger partial charge in [0.25, 0.3) is 11.8 Å². The first-order chi connectivity index (χ1) is 28.4. The van der Waals surface area contributed by atoms with Crippen molar-refractivity contribution in [1.82, 2.24) is 26.2 Å². The number of hydrogen-bond acceptors (Lipinski definition) is 8. The van der Waals surface area contributed by atoms with Gasteiger partial charge >= 0.3 is 0 Å². The third-order valence-corrected chi connectivity index (χ3v) is 11.0. The lowest BCUT2D eigenvalue weighted by Crippen LogP contribution is -2.58. The highest BCUT2D eigenvalue weighted by Gasteiger charge is 2.45. The molecule has 2 fully saturated rings. The van der Waals surface area contributed by atoms with Crippen LogP contribution >= 0.6 is 0 Å². The number of nitrogens with one attached hydrogen (secondary N) is 4. The van der Waals surface area contributed by atoms with Crippen molar-refractivity contribution in [3.63, 3.8) is 0 Å². The van der Waals surface area contributed by atoms with Gasteiger partial charge in [-0.25, -0.2) is 0 Å². The Kier molecular flexibility index (Phi) is 15.9. The van der Waals surface area contributed by atoms with Crippen LogP contribution in [0.4, 0.5) is 0 Å². The van der Waals surface area contributed by atoms with E-state index in [9.17, 15) is 33.6 Å². The molecule has 0 radical (unpaired) electrons. The third kappa shape index (κ3) is 12.1. The van der Waals surface area contributed by atoms with E-state index in [0.717, 1.165) is 48.8 Å². The monoisotopic (exact) mass is 808 g/mol. The smallest absolute Gasteiger partial charge is 0.290 e. The summed E-state index contributed by atoms with van der Waals surface area (Å²) >= 11 is 0. The minimum Gasteiger partial charge on any atom is -0.372 e. The summed E-state index contributed by atoms with van der Waals surface area (Å²) in [4.78, 5) is 95.7. The summed E-state index contributed by atoms with van der Waals surface area (Å²) in [6, 6.07) is 18.9. The third-order valence-electron chi connectivity index (χ3n) is 11.0. The molecule has 0 spiro atoms. The maximum Gasteiger partial charge on any atom is 0.290 e. The number of rotatable bonds is 18. The summed E-state index contributed by atoms with van der Waals surface area (Å²) in [5.74, 6) is -5.22. The molecule has 5 atom stereocenters. The Balaban J connectivity index is 1.32. The molecule has 3 aromatic rings. The number of hydrogen-bond donors (Lipinski definition) is 5. The number of nitrogens with two attached hydrogens (primary N) is 1. The summed E-state index contributed by atoms with van der Waals surface area (Å²) in [7, 11) is 0. The molecule has 1 saturated heterocycles. The van der Waals surface area contributed by atoms with Crippen molar-refractivity contribution in [2.24, 2.45) is 11.7 Å². The maximum absolute atomic E-state index is 14.8. The largest absolute Gasteiger partial charge is 0.372 e. The van der Waals surface area contributed by atoms with Gasteiger partial charge in [-0.15, -0.1) is 0 Å². The molecule has 2 aliphatic rings. The van der Waals surface area contributed by atoms with E-state index in [1.807, 2.05) is 56.3 Å². The molecule has 6 amide bonds. The van der Waals surface area contributed by atoms with E-state index in [1.165, 1.54) is 4.90 Å². The van der Waals surface area contributed by atoms with Crippen LogP contribution in [0, 0.1) is 19.8 Å².